The molecule has 0 spiro atoms. The summed E-state index contributed by atoms with van der Waals surface area (Å²) in [5.41, 5.74) is 8.95. The van der Waals surface area contributed by atoms with Crippen molar-refractivity contribution in [3.8, 4) is 11.1 Å². The highest BCUT2D eigenvalue weighted by atomic mass is 32.2. The van der Waals surface area contributed by atoms with Gasteiger partial charge in [0, 0.05) is 95.9 Å². The van der Waals surface area contributed by atoms with Crippen LogP contribution in [0.1, 0.15) is 129 Å². The van der Waals surface area contributed by atoms with Crippen molar-refractivity contribution in [3.05, 3.63) is 215 Å². The van der Waals surface area contributed by atoms with Crippen molar-refractivity contribution >= 4 is 78.2 Å². The van der Waals surface area contributed by atoms with Crippen LogP contribution in [0.2, 0.25) is 0 Å². The van der Waals surface area contributed by atoms with Gasteiger partial charge in [-0.05, 0) is 155 Å². The number of carbonyl (C=O) groups excluding carboxylic acids is 5. The first-order valence-electron chi connectivity index (χ1n) is 34.6. The molecule has 0 fully saturated rings. The van der Waals surface area contributed by atoms with Crippen LogP contribution in [-0.4, -0.2) is 147 Å². The van der Waals surface area contributed by atoms with Crippen molar-refractivity contribution in [1.82, 2.24) is 30.9 Å². The van der Waals surface area contributed by atoms with E-state index < -0.39 is 31.1 Å². The number of amides is 5. The van der Waals surface area contributed by atoms with Crippen LogP contribution in [0.5, 0.6) is 0 Å². The Bertz CT molecular complexity index is 4590. The summed E-state index contributed by atoms with van der Waals surface area (Å²) in [4.78, 5) is 70.3. The molecule has 0 aliphatic carbocycles. The number of nitrogens with zero attached hydrogens (tertiary/aromatic N) is 6. The maximum atomic E-state index is 14.1. The van der Waals surface area contributed by atoms with Gasteiger partial charge in [0.15, 0.2) is 5.71 Å². The minimum atomic E-state index is -4.51. The number of fused-ring (bicyclic) bond motifs is 3. The molecular weight excluding hydrogens is 1350 g/mol. The second-order valence-electron chi connectivity index (χ2n) is 25.9. The fourth-order valence-electron chi connectivity index (χ4n) is 13.5. The number of likely N-dealkylation sites (N-methyl/N-ethyl adjacent to an activating group) is 1. The SMILES string of the molecule is CCN1\C(=C/C=C/C=C/C2=[N+](CC)c3ccc(S(=O)(=O)O)cc3C2(C)C)C(C)(CCCC(=O)NCCOCCOCCOCCn2cc(CNC(=O)CCC(=O)NC3CCCN(C(=O)c4ccc(NC(=O)c5ccccc5-c5ccccc5)cc4)c4ccccc43)nn2)c2cc(S(=O)(=O)O)ccc21. The zero-order chi connectivity index (χ0) is 73.3. The molecule has 2 atom stereocenters. The molecular formula is C77H89N10O14S2+. The van der Waals surface area contributed by atoms with Crippen molar-refractivity contribution in [2.75, 3.05) is 80.9 Å². The molecule has 542 valence electrons. The van der Waals surface area contributed by atoms with Crippen LogP contribution in [0.25, 0.3) is 11.1 Å². The van der Waals surface area contributed by atoms with Gasteiger partial charge >= 0.3 is 0 Å². The number of rotatable bonds is 33. The van der Waals surface area contributed by atoms with E-state index in [0.717, 1.165) is 45.0 Å². The molecule has 4 heterocycles. The Kier molecular flexibility index (Phi) is 25.4. The molecule has 6 N–H and O–H groups in total. The van der Waals surface area contributed by atoms with Gasteiger partial charge in [0.25, 0.3) is 32.1 Å². The molecule has 3 aliphatic rings. The number of hydrogen-bond donors (Lipinski definition) is 6. The number of allylic oxidation sites excluding steroid dienone is 6. The van der Waals surface area contributed by atoms with Crippen molar-refractivity contribution in [2.45, 2.75) is 119 Å². The average molecular weight is 1440 g/mol. The lowest BCUT2D eigenvalue weighted by Gasteiger charge is -2.30. The third-order valence-corrected chi connectivity index (χ3v) is 20.4. The Labute approximate surface area is 601 Å². The van der Waals surface area contributed by atoms with Crippen LogP contribution in [-0.2, 0) is 72.7 Å². The van der Waals surface area contributed by atoms with Crippen LogP contribution in [0.4, 0.5) is 22.7 Å². The summed E-state index contributed by atoms with van der Waals surface area (Å²) in [6.07, 6.45) is 13.6. The molecule has 0 saturated heterocycles. The van der Waals surface area contributed by atoms with E-state index in [1.807, 2.05) is 138 Å². The molecule has 0 radical (unpaired) electrons. The maximum absolute atomic E-state index is 14.1. The quantitative estimate of drug-likeness (QED) is 0.00964. The fraction of sp³-hybridized carbons (Fsp3) is 0.351. The van der Waals surface area contributed by atoms with Crippen LogP contribution < -0.4 is 31.1 Å². The highest BCUT2D eigenvalue weighted by Crippen LogP contribution is 2.51. The largest absolute Gasteiger partial charge is 0.377 e. The van der Waals surface area contributed by atoms with E-state index in [2.05, 4.69) is 41.1 Å². The third-order valence-electron chi connectivity index (χ3n) is 18.7. The molecule has 5 amide bonds. The van der Waals surface area contributed by atoms with Crippen LogP contribution in [0, 0.1) is 0 Å². The Morgan fingerprint density at radius 2 is 1.35 bits per heavy atom. The first-order valence-corrected chi connectivity index (χ1v) is 37.5. The van der Waals surface area contributed by atoms with Gasteiger partial charge in [0.1, 0.15) is 12.2 Å². The zero-order valence-corrected chi connectivity index (χ0v) is 60.2. The Morgan fingerprint density at radius 3 is 2.08 bits per heavy atom. The lowest BCUT2D eigenvalue weighted by molar-refractivity contribution is -0.433. The molecule has 3 aliphatic heterocycles. The van der Waals surface area contributed by atoms with E-state index in [1.54, 1.807) is 58.2 Å². The molecule has 103 heavy (non-hydrogen) atoms. The average Bonchev–Trinajstić information content (AvgIpc) is 1.59. The van der Waals surface area contributed by atoms with E-state index in [4.69, 9.17) is 14.2 Å². The van der Waals surface area contributed by atoms with Crippen LogP contribution in [0.3, 0.4) is 0 Å². The van der Waals surface area contributed by atoms with Gasteiger partial charge in [0.2, 0.25) is 23.4 Å². The second kappa shape index (κ2) is 34.4. The van der Waals surface area contributed by atoms with Gasteiger partial charge < -0.3 is 45.3 Å². The minimum absolute atomic E-state index is 0.0433. The van der Waals surface area contributed by atoms with Gasteiger partial charge in [-0.3, -0.25) is 33.1 Å². The summed E-state index contributed by atoms with van der Waals surface area (Å²) >= 11 is 0. The van der Waals surface area contributed by atoms with E-state index in [1.165, 1.54) is 24.3 Å². The number of nitrogens with one attached hydrogen (secondary N) is 4. The predicted octanol–water partition coefficient (Wildman–Crippen LogP) is 10.6. The Hall–Kier alpha value is -9.80. The minimum Gasteiger partial charge on any atom is -0.377 e. The lowest BCUT2D eigenvalue weighted by Crippen LogP contribution is -2.32. The van der Waals surface area contributed by atoms with Crippen molar-refractivity contribution < 1.29 is 68.7 Å². The first kappa shape index (κ1) is 75.9. The van der Waals surface area contributed by atoms with Gasteiger partial charge in [-0.2, -0.15) is 21.4 Å². The molecule has 1 aromatic heterocycles. The highest BCUT2D eigenvalue weighted by Gasteiger charge is 2.45. The third kappa shape index (κ3) is 18.9. The van der Waals surface area contributed by atoms with Gasteiger partial charge in [-0.1, -0.05) is 90.2 Å². The molecule has 0 bridgehead atoms. The summed E-state index contributed by atoms with van der Waals surface area (Å²) < 4.78 is 89.3. The standard InChI is InChI=1S/C77H88N10O14S2/c1-6-85-67-36-34-58(102(93,94)95)50-63(67)76(3,4)69(85)27-12-9-13-28-70-77(5,64-51-59(103(96,97)98)35-37-68(64)86(70)7-2)40-18-29-71(88)78-41-44-99-46-48-101-49-47-100-45-43-84-53-57(82-83-84)52-79-72(89)38-39-73(90)81-65-25-19-42-87(66-26-17-16-24-62(65)66)75(92)55-30-32-56(33-31-55)80-74(91)61-23-15-14-22-60(61)54-20-10-8-11-21-54/h8-17,20-24,26-28,30-37,50-51,53,65H,6-7,18-19,25,29,38-49,52H2,1-5H3,(H5-,78,79,80,81,88,89,90,91,92,93,94,95,96,97,98)/p+1. The molecule has 6 aromatic carbocycles. The molecule has 0 saturated carbocycles. The van der Waals surface area contributed by atoms with E-state index in [-0.39, 0.29) is 84.3 Å². The molecule has 10 rings (SSSR count). The fourth-order valence-corrected chi connectivity index (χ4v) is 14.5. The summed E-state index contributed by atoms with van der Waals surface area (Å²) in [7, 11) is -8.91. The van der Waals surface area contributed by atoms with Crippen LogP contribution in [0.15, 0.2) is 192 Å². The van der Waals surface area contributed by atoms with E-state index in [0.29, 0.717) is 119 Å². The van der Waals surface area contributed by atoms with Gasteiger partial charge in [-0.15, -0.1) is 5.10 Å². The second-order valence-corrected chi connectivity index (χ2v) is 28.8. The number of benzene rings is 6. The number of anilines is 3. The highest BCUT2D eigenvalue weighted by molar-refractivity contribution is 7.86. The van der Waals surface area contributed by atoms with E-state index in [9.17, 15) is 49.9 Å². The number of hydrogen-bond acceptors (Lipinski definition) is 15. The topological polar surface area (TPSA) is 310 Å². The normalized spacial score (nSPS) is 16.8. The molecule has 24 nitrogen and oxygen atoms in total. The summed E-state index contributed by atoms with van der Waals surface area (Å²) in [6.45, 7) is 14.3. The molecule has 2 unspecified atom stereocenters. The zero-order valence-electron chi connectivity index (χ0n) is 58.5. The summed E-state index contributed by atoms with van der Waals surface area (Å²) in [6, 6.07) is 40.3. The number of aromatic nitrogens is 3. The Balaban J connectivity index is 0.586. The lowest BCUT2D eigenvalue weighted by atomic mass is 9.77. The van der Waals surface area contributed by atoms with Gasteiger partial charge in [-0.25, -0.2) is 4.68 Å². The maximum Gasteiger partial charge on any atom is 0.294 e. The number of para-hydroxylation sites is 1. The summed E-state index contributed by atoms with van der Waals surface area (Å²) in [5, 5.41) is 20.1. The van der Waals surface area contributed by atoms with Crippen LogP contribution >= 0.6 is 0 Å². The molecule has 26 heteroatoms. The smallest absolute Gasteiger partial charge is 0.294 e. The number of ether oxygens (including phenoxy) is 3. The van der Waals surface area contributed by atoms with Crippen molar-refractivity contribution in [3.63, 3.8) is 0 Å². The van der Waals surface area contributed by atoms with Crippen molar-refractivity contribution in [1.29, 1.82) is 0 Å². The Morgan fingerprint density at radius 1 is 0.689 bits per heavy atom. The first-order chi connectivity index (χ1) is 49.5. The number of carbonyl (C=O) groups is 5. The molecule has 7 aromatic rings. The van der Waals surface area contributed by atoms with E-state index >= 15 is 0 Å². The predicted molar refractivity (Wildman–Crippen MR) is 393 cm³/mol. The monoisotopic (exact) mass is 1440 g/mol. The summed E-state index contributed by atoms with van der Waals surface area (Å²) in [5.74, 6) is -1.26. The van der Waals surface area contributed by atoms with Gasteiger partial charge in [0.05, 0.1) is 80.2 Å². The van der Waals surface area contributed by atoms with Crippen molar-refractivity contribution in [2.24, 2.45) is 0 Å².